The molecule has 4 heterocycles. The highest BCUT2D eigenvalue weighted by Gasteiger charge is 2.33. The number of carbonyl (C=O) groups is 1. The van der Waals surface area contributed by atoms with Crippen molar-refractivity contribution in [2.45, 2.75) is 31.4 Å². The summed E-state index contributed by atoms with van der Waals surface area (Å²) >= 11 is 1.60. The molecule has 5 rings (SSSR count). The molecule has 0 aliphatic carbocycles. The van der Waals surface area contributed by atoms with Gasteiger partial charge in [-0.3, -0.25) is 4.79 Å². The van der Waals surface area contributed by atoms with E-state index in [1.165, 1.54) is 0 Å². The number of rotatable bonds is 7. The van der Waals surface area contributed by atoms with Crippen LogP contribution in [0.2, 0.25) is 0 Å². The molecular weight excluding hydrogens is 428 g/mol. The average molecular weight is 459 g/mol. The molecule has 2 saturated heterocycles. The van der Waals surface area contributed by atoms with Crippen molar-refractivity contribution in [2.24, 2.45) is 5.92 Å². The number of aliphatic hydroxyl groups is 1. The average Bonchev–Trinajstić information content (AvgIpc) is 3.60. The predicted octanol–water partition coefficient (Wildman–Crippen LogP) is 2.05. The second-order valence-corrected chi connectivity index (χ2v) is 9.59. The maximum absolute atomic E-state index is 13.2. The van der Waals surface area contributed by atoms with Crippen molar-refractivity contribution in [1.29, 1.82) is 0 Å². The number of ether oxygens (including phenoxy) is 2. The lowest BCUT2D eigenvalue weighted by atomic mass is 9.99. The van der Waals surface area contributed by atoms with E-state index in [-0.39, 0.29) is 11.8 Å². The van der Waals surface area contributed by atoms with E-state index in [0.717, 1.165) is 49.6 Å². The molecule has 3 aliphatic heterocycles. The highest BCUT2D eigenvalue weighted by atomic mass is 32.1. The van der Waals surface area contributed by atoms with E-state index >= 15 is 0 Å². The summed E-state index contributed by atoms with van der Waals surface area (Å²) in [5.41, 5.74) is 0.731. The minimum atomic E-state index is -0.827. The van der Waals surface area contributed by atoms with Gasteiger partial charge in [-0.05, 0) is 50.0 Å². The summed E-state index contributed by atoms with van der Waals surface area (Å²) in [6.45, 7) is 5.15. The Morgan fingerprint density at radius 1 is 1.22 bits per heavy atom. The van der Waals surface area contributed by atoms with Gasteiger partial charge in [-0.2, -0.15) is 0 Å². The zero-order chi connectivity index (χ0) is 21.9. The lowest BCUT2D eigenvalue weighted by Gasteiger charge is -2.30. The third-order valence-electron chi connectivity index (χ3n) is 6.52. The van der Waals surface area contributed by atoms with Crippen molar-refractivity contribution < 1.29 is 19.4 Å². The molecule has 0 radical (unpaired) electrons. The Hall–Kier alpha value is -2.36. The number of hydrogen-bond acceptors (Lipinski definition) is 8. The van der Waals surface area contributed by atoms with Crippen LogP contribution >= 0.6 is 11.3 Å². The van der Waals surface area contributed by atoms with Gasteiger partial charge in [0.25, 0.3) is 0 Å². The Balaban J connectivity index is 1.29. The maximum atomic E-state index is 13.2. The topological polar surface area (TPSA) is 87.2 Å². The van der Waals surface area contributed by atoms with Gasteiger partial charge in [0.1, 0.15) is 19.3 Å². The standard InChI is InChI=1S/C23H30N4O4S/c28-21(16-3-4-19-20(13-16)31-11-10-30-19)18(15-26-7-1-2-8-26)25-22(29)17-5-9-27(14-17)23-24-6-12-32-23/h3-4,6,12-13,17-18,21,28H,1-2,5,7-11,14-15H2,(H,25,29). The summed E-state index contributed by atoms with van der Waals surface area (Å²) in [6, 6.07) is 5.14. The third-order valence-corrected chi connectivity index (χ3v) is 7.35. The molecule has 9 heteroatoms. The molecule has 8 nitrogen and oxygen atoms in total. The summed E-state index contributed by atoms with van der Waals surface area (Å²) < 4.78 is 11.3. The molecule has 0 bridgehead atoms. The fourth-order valence-electron chi connectivity index (χ4n) is 4.76. The van der Waals surface area contributed by atoms with Gasteiger partial charge in [0.15, 0.2) is 16.6 Å². The van der Waals surface area contributed by atoms with Crippen LogP contribution < -0.4 is 19.7 Å². The van der Waals surface area contributed by atoms with Gasteiger partial charge in [-0.25, -0.2) is 4.98 Å². The number of thiazole rings is 1. The number of nitrogens with one attached hydrogen (secondary N) is 1. The van der Waals surface area contributed by atoms with Crippen LogP contribution in [0.4, 0.5) is 5.13 Å². The minimum Gasteiger partial charge on any atom is -0.486 e. The number of aliphatic hydroxyl groups excluding tert-OH is 1. The molecule has 1 aromatic carbocycles. The molecule has 2 fully saturated rings. The molecular formula is C23H30N4O4S. The smallest absolute Gasteiger partial charge is 0.225 e. The van der Waals surface area contributed by atoms with Crippen molar-refractivity contribution in [3.63, 3.8) is 0 Å². The summed E-state index contributed by atoms with van der Waals surface area (Å²) in [6.07, 6.45) is 4.08. The maximum Gasteiger partial charge on any atom is 0.225 e. The van der Waals surface area contributed by atoms with E-state index in [1.807, 2.05) is 23.6 Å². The Morgan fingerprint density at radius 2 is 2.03 bits per heavy atom. The summed E-state index contributed by atoms with van der Waals surface area (Å²) in [5.74, 6) is 1.24. The Morgan fingerprint density at radius 3 is 2.81 bits per heavy atom. The Bertz CT molecular complexity index is 919. The Labute approximate surface area is 192 Å². The van der Waals surface area contributed by atoms with Crippen LogP contribution in [0, 0.1) is 5.92 Å². The van der Waals surface area contributed by atoms with Crippen LogP contribution in [0.25, 0.3) is 0 Å². The molecule has 2 N–H and O–H groups in total. The molecule has 1 aromatic heterocycles. The van der Waals surface area contributed by atoms with Crippen LogP contribution in [-0.4, -0.2) is 72.9 Å². The number of aromatic nitrogens is 1. The lowest BCUT2D eigenvalue weighted by Crippen LogP contribution is -2.48. The van der Waals surface area contributed by atoms with E-state index in [9.17, 15) is 9.90 Å². The van der Waals surface area contributed by atoms with Crippen LogP contribution in [0.15, 0.2) is 29.8 Å². The first-order chi connectivity index (χ1) is 15.7. The largest absolute Gasteiger partial charge is 0.486 e. The molecule has 3 aliphatic rings. The van der Waals surface area contributed by atoms with E-state index in [2.05, 4.69) is 20.1 Å². The molecule has 1 amide bonds. The normalized spacial score (nSPS) is 22.7. The highest BCUT2D eigenvalue weighted by Crippen LogP contribution is 2.34. The second-order valence-electron chi connectivity index (χ2n) is 8.72. The zero-order valence-electron chi connectivity index (χ0n) is 18.1. The van der Waals surface area contributed by atoms with Gasteiger partial charge < -0.3 is 29.7 Å². The first-order valence-electron chi connectivity index (χ1n) is 11.4. The van der Waals surface area contributed by atoms with E-state index < -0.39 is 12.1 Å². The number of nitrogens with zero attached hydrogens (tertiary/aromatic N) is 3. The van der Waals surface area contributed by atoms with Crippen molar-refractivity contribution in [2.75, 3.05) is 50.8 Å². The van der Waals surface area contributed by atoms with Gasteiger partial charge >= 0.3 is 0 Å². The monoisotopic (exact) mass is 458 g/mol. The Kier molecular flexibility index (Phi) is 6.47. The molecule has 3 unspecified atom stereocenters. The van der Waals surface area contributed by atoms with Crippen LogP contribution in [0.5, 0.6) is 11.5 Å². The van der Waals surface area contributed by atoms with E-state index in [4.69, 9.17) is 9.47 Å². The molecule has 32 heavy (non-hydrogen) atoms. The van der Waals surface area contributed by atoms with Crippen molar-refractivity contribution in [3.8, 4) is 11.5 Å². The number of fused-ring (bicyclic) bond motifs is 1. The van der Waals surface area contributed by atoms with Crippen LogP contribution in [0.1, 0.15) is 30.9 Å². The highest BCUT2D eigenvalue weighted by molar-refractivity contribution is 7.13. The van der Waals surface area contributed by atoms with Gasteiger partial charge in [-0.1, -0.05) is 6.07 Å². The fraction of sp³-hybridized carbons (Fsp3) is 0.565. The molecule has 0 spiro atoms. The SMILES string of the molecule is O=C(NC(CN1CCCC1)C(O)c1ccc2c(c1)OCCO2)C1CCN(c2nccs2)C1. The van der Waals surface area contributed by atoms with Gasteiger partial charge in [0.2, 0.25) is 5.91 Å². The number of anilines is 1. The summed E-state index contributed by atoms with van der Waals surface area (Å²) in [5, 5.41) is 17.4. The molecule has 0 saturated carbocycles. The van der Waals surface area contributed by atoms with Crippen LogP contribution in [-0.2, 0) is 4.79 Å². The summed E-state index contributed by atoms with van der Waals surface area (Å²) in [4.78, 5) is 22.0. The van der Waals surface area contributed by atoms with E-state index in [1.54, 1.807) is 17.5 Å². The number of amides is 1. The number of benzene rings is 1. The zero-order valence-corrected chi connectivity index (χ0v) is 18.9. The van der Waals surface area contributed by atoms with Gasteiger partial charge in [-0.15, -0.1) is 11.3 Å². The first-order valence-corrected chi connectivity index (χ1v) is 12.3. The van der Waals surface area contributed by atoms with Gasteiger partial charge in [0, 0.05) is 31.2 Å². The number of hydrogen-bond donors (Lipinski definition) is 2. The van der Waals surface area contributed by atoms with Crippen molar-refractivity contribution >= 4 is 22.4 Å². The quantitative estimate of drug-likeness (QED) is 0.657. The molecule has 172 valence electrons. The van der Waals surface area contributed by atoms with E-state index in [0.29, 0.717) is 37.8 Å². The fourth-order valence-corrected chi connectivity index (χ4v) is 5.44. The van der Waals surface area contributed by atoms with Gasteiger partial charge in [0.05, 0.1) is 12.0 Å². The first kappa shape index (κ1) is 21.5. The van der Waals surface area contributed by atoms with Crippen molar-refractivity contribution in [3.05, 3.63) is 35.3 Å². The molecule has 3 atom stereocenters. The second kappa shape index (κ2) is 9.64. The minimum absolute atomic E-state index is 0.00449. The number of likely N-dealkylation sites (tertiary alicyclic amines) is 1. The number of carbonyl (C=O) groups excluding carboxylic acids is 1. The van der Waals surface area contributed by atoms with Crippen molar-refractivity contribution in [1.82, 2.24) is 15.2 Å². The lowest BCUT2D eigenvalue weighted by molar-refractivity contribution is -0.126. The van der Waals surface area contributed by atoms with Crippen LogP contribution in [0.3, 0.4) is 0 Å². The summed E-state index contributed by atoms with van der Waals surface area (Å²) in [7, 11) is 0. The third kappa shape index (κ3) is 4.69. The predicted molar refractivity (Wildman–Crippen MR) is 122 cm³/mol. The molecule has 2 aromatic rings.